The van der Waals surface area contributed by atoms with Crippen LogP contribution in [0.5, 0.6) is 0 Å². The van der Waals surface area contributed by atoms with Gasteiger partial charge >= 0.3 is 12.0 Å². The number of aromatic nitrogens is 3. The van der Waals surface area contributed by atoms with Crippen LogP contribution in [0.15, 0.2) is 6.33 Å². The summed E-state index contributed by atoms with van der Waals surface area (Å²) in [4.78, 5) is 26.4. The van der Waals surface area contributed by atoms with Crippen molar-refractivity contribution in [3.63, 3.8) is 0 Å². The molecule has 100 valence electrons. The molecule has 0 aliphatic carbocycles. The Bertz CT molecular complexity index is 410. The van der Waals surface area contributed by atoms with Crippen LogP contribution in [0.4, 0.5) is 4.79 Å². The highest BCUT2D eigenvalue weighted by atomic mass is 16.4. The van der Waals surface area contributed by atoms with Crippen molar-refractivity contribution in [1.82, 2.24) is 25.8 Å². The fourth-order valence-corrected chi connectivity index (χ4v) is 1.31. The minimum Gasteiger partial charge on any atom is -0.480 e. The first kappa shape index (κ1) is 13.9. The quantitative estimate of drug-likeness (QED) is 0.608. The molecule has 0 saturated heterocycles. The zero-order valence-corrected chi connectivity index (χ0v) is 10.5. The van der Waals surface area contributed by atoms with E-state index in [0.29, 0.717) is 5.82 Å². The number of nitrogens with zero attached hydrogens (tertiary/aromatic N) is 2. The van der Waals surface area contributed by atoms with Gasteiger partial charge in [0.05, 0.1) is 6.54 Å². The van der Waals surface area contributed by atoms with Crippen LogP contribution >= 0.6 is 0 Å². The highest BCUT2D eigenvalue weighted by Crippen LogP contribution is 2.19. The van der Waals surface area contributed by atoms with Gasteiger partial charge < -0.3 is 15.7 Å². The molecule has 0 aromatic carbocycles. The highest BCUT2D eigenvalue weighted by Gasteiger charge is 2.32. The highest BCUT2D eigenvalue weighted by molar-refractivity contribution is 5.83. The number of aromatic amines is 1. The van der Waals surface area contributed by atoms with Gasteiger partial charge in [0.1, 0.15) is 18.2 Å². The number of nitrogens with one attached hydrogen (secondary N) is 3. The summed E-state index contributed by atoms with van der Waals surface area (Å²) in [6, 6.07) is -1.53. The Morgan fingerprint density at radius 3 is 2.61 bits per heavy atom. The zero-order valence-electron chi connectivity index (χ0n) is 10.5. The van der Waals surface area contributed by atoms with Crippen molar-refractivity contribution in [3.8, 4) is 0 Å². The molecule has 8 heteroatoms. The van der Waals surface area contributed by atoms with Crippen LogP contribution in [0, 0.1) is 5.41 Å². The Kier molecular flexibility index (Phi) is 4.24. The number of carboxylic acids is 1. The van der Waals surface area contributed by atoms with E-state index in [2.05, 4.69) is 25.8 Å². The summed E-state index contributed by atoms with van der Waals surface area (Å²) >= 11 is 0. The fourth-order valence-electron chi connectivity index (χ4n) is 1.31. The molecule has 1 atom stereocenters. The van der Waals surface area contributed by atoms with Crippen LogP contribution < -0.4 is 10.6 Å². The normalized spacial score (nSPS) is 12.8. The number of hydrogen-bond donors (Lipinski definition) is 4. The van der Waals surface area contributed by atoms with Crippen LogP contribution in [0.25, 0.3) is 0 Å². The lowest BCUT2D eigenvalue weighted by Gasteiger charge is -2.27. The molecular formula is C10H17N5O3. The van der Waals surface area contributed by atoms with E-state index in [-0.39, 0.29) is 6.54 Å². The molecule has 1 rings (SSSR count). The number of rotatable bonds is 4. The third-order valence-electron chi connectivity index (χ3n) is 2.27. The Morgan fingerprint density at radius 1 is 1.50 bits per heavy atom. The topological polar surface area (TPSA) is 120 Å². The number of urea groups is 1. The fraction of sp³-hybridized carbons (Fsp3) is 0.600. The van der Waals surface area contributed by atoms with E-state index in [4.69, 9.17) is 5.11 Å². The van der Waals surface area contributed by atoms with Gasteiger partial charge in [0.2, 0.25) is 0 Å². The molecule has 1 aromatic heterocycles. The second-order valence-electron chi connectivity index (χ2n) is 4.90. The SMILES string of the molecule is CC(C)(C)[C@@H](NC(=O)NCc1ncn[nH]1)C(=O)O. The van der Waals surface area contributed by atoms with Gasteiger partial charge in [-0.1, -0.05) is 20.8 Å². The number of H-pyrrole nitrogens is 1. The maximum absolute atomic E-state index is 11.6. The Morgan fingerprint density at radius 2 is 2.17 bits per heavy atom. The van der Waals surface area contributed by atoms with Gasteiger partial charge in [0, 0.05) is 0 Å². The molecular weight excluding hydrogens is 238 g/mol. The second kappa shape index (κ2) is 5.48. The third-order valence-corrected chi connectivity index (χ3v) is 2.27. The predicted molar refractivity (Wildman–Crippen MR) is 62.6 cm³/mol. The first-order valence-corrected chi connectivity index (χ1v) is 5.42. The third kappa shape index (κ3) is 4.04. The lowest BCUT2D eigenvalue weighted by Crippen LogP contribution is -2.52. The average molecular weight is 255 g/mol. The Labute approximate surface area is 104 Å². The van der Waals surface area contributed by atoms with E-state index < -0.39 is 23.5 Å². The number of amides is 2. The van der Waals surface area contributed by atoms with E-state index >= 15 is 0 Å². The van der Waals surface area contributed by atoms with Gasteiger partial charge in [0.25, 0.3) is 0 Å². The minimum absolute atomic E-state index is 0.155. The Hall–Kier alpha value is -2.12. The van der Waals surface area contributed by atoms with Gasteiger partial charge in [-0.3, -0.25) is 5.10 Å². The minimum atomic E-state index is -1.07. The summed E-state index contributed by atoms with van der Waals surface area (Å²) in [6.45, 7) is 5.37. The zero-order chi connectivity index (χ0) is 13.8. The van der Waals surface area contributed by atoms with Crippen molar-refractivity contribution in [1.29, 1.82) is 0 Å². The number of carbonyl (C=O) groups excluding carboxylic acids is 1. The smallest absolute Gasteiger partial charge is 0.326 e. The Balaban J connectivity index is 2.49. The van der Waals surface area contributed by atoms with E-state index in [1.165, 1.54) is 6.33 Å². The molecule has 1 heterocycles. The van der Waals surface area contributed by atoms with Crippen molar-refractivity contribution in [3.05, 3.63) is 12.2 Å². The maximum Gasteiger partial charge on any atom is 0.326 e. The number of aliphatic carboxylic acids is 1. The first-order valence-electron chi connectivity index (χ1n) is 5.42. The summed E-state index contributed by atoms with van der Waals surface area (Å²) in [5, 5.41) is 20.1. The van der Waals surface area contributed by atoms with Crippen molar-refractivity contribution in [2.45, 2.75) is 33.4 Å². The van der Waals surface area contributed by atoms with Crippen molar-refractivity contribution < 1.29 is 14.7 Å². The molecule has 0 aliphatic heterocycles. The first-order chi connectivity index (χ1) is 8.30. The van der Waals surface area contributed by atoms with Crippen molar-refractivity contribution in [2.24, 2.45) is 5.41 Å². The summed E-state index contributed by atoms with van der Waals surface area (Å²) in [6.07, 6.45) is 1.32. The molecule has 8 nitrogen and oxygen atoms in total. The van der Waals surface area contributed by atoms with Gasteiger partial charge in [-0.05, 0) is 5.41 Å². The molecule has 0 bridgehead atoms. The number of hydrogen-bond acceptors (Lipinski definition) is 4. The molecule has 0 radical (unpaired) electrons. The standard InChI is InChI=1S/C10H17N5O3/c1-10(2,3)7(8(16)17)14-9(18)11-4-6-12-5-13-15-6/h5,7H,4H2,1-3H3,(H,16,17)(H2,11,14,18)(H,12,13,15)/t7-/m0/s1. The predicted octanol–water partition coefficient (Wildman–Crippen LogP) is 0.103. The van der Waals surface area contributed by atoms with Gasteiger partial charge in [0.15, 0.2) is 0 Å². The van der Waals surface area contributed by atoms with E-state index in [1.54, 1.807) is 20.8 Å². The van der Waals surface area contributed by atoms with E-state index in [1.807, 2.05) is 0 Å². The van der Waals surface area contributed by atoms with Crippen LogP contribution in [-0.4, -0.2) is 38.3 Å². The largest absolute Gasteiger partial charge is 0.480 e. The number of carboxylic acid groups (broad SMARTS) is 1. The molecule has 0 fully saturated rings. The lowest BCUT2D eigenvalue weighted by atomic mass is 9.87. The summed E-state index contributed by atoms with van der Waals surface area (Å²) < 4.78 is 0. The monoisotopic (exact) mass is 255 g/mol. The summed E-state index contributed by atoms with van der Waals surface area (Å²) in [7, 11) is 0. The van der Waals surface area contributed by atoms with E-state index in [0.717, 1.165) is 0 Å². The molecule has 0 aliphatic rings. The van der Waals surface area contributed by atoms with E-state index in [9.17, 15) is 9.59 Å². The van der Waals surface area contributed by atoms with Gasteiger partial charge in [-0.25, -0.2) is 14.6 Å². The lowest BCUT2D eigenvalue weighted by molar-refractivity contribution is -0.141. The second-order valence-corrected chi connectivity index (χ2v) is 4.90. The van der Waals surface area contributed by atoms with Crippen molar-refractivity contribution >= 4 is 12.0 Å². The maximum atomic E-state index is 11.6. The van der Waals surface area contributed by atoms with Crippen LogP contribution in [0.1, 0.15) is 26.6 Å². The van der Waals surface area contributed by atoms with Gasteiger partial charge in [-0.2, -0.15) is 5.10 Å². The molecule has 0 unspecified atom stereocenters. The average Bonchev–Trinajstić information content (AvgIpc) is 2.73. The van der Waals surface area contributed by atoms with Crippen molar-refractivity contribution in [2.75, 3.05) is 0 Å². The molecule has 0 spiro atoms. The molecule has 4 N–H and O–H groups in total. The van der Waals surface area contributed by atoms with Crippen LogP contribution in [0.3, 0.4) is 0 Å². The summed E-state index contributed by atoms with van der Waals surface area (Å²) in [5.74, 6) is -0.579. The molecule has 2 amide bonds. The molecule has 0 saturated carbocycles. The van der Waals surface area contributed by atoms with Crippen LogP contribution in [-0.2, 0) is 11.3 Å². The summed E-state index contributed by atoms with van der Waals surface area (Å²) in [5.41, 5.74) is -0.574. The number of carbonyl (C=O) groups is 2. The molecule has 1 aromatic rings. The van der Waals surface area contributed by atoms with Gasteiger partial charge in [-0.15, -0.1) is 0 Å². The molecule has 18 heavy (non-hydrogen) atoms. The van der Waals surface area contributed by atoms with Crippen LogP contribution in [0.2, 0.25) is 0 Å².